The molecule has 5 N–H and O–H groups in total. The average molecular weight is 494 g/mol. The molecule has 3 rings (SSSR count). The van der Waals surface area contributed by atoms with Gasteiger partial charge in [-0.1, -0.05) is 54.1 Å². The van der Waals surface area contributed by atoms with Crippen LogP contribution in [0.25, 0.3) is 0 Å². The predicted molar refractivity (Wildman–Crippen MR) is 141 cm³/mol. The van der Waals surface area contributed by atoms with Gasteiger partial charge in [0.15, 0.2) is 0 Å². The van der Waals surface area contributed by atoms with E-state index in [1.165, 1.54) is 5.56 Å². The Hall–Kier alpha value is -3.35. The molecule has 184 valence electrons. The molecule has 0 aliphatic rings. The standard InChI is InChI=1S/C28H32ClN3O3/c29-24-14-10-21(11-15-24)16-18-28(30,20-22-8-12-23(13-9-22)26(33)34)17-4-5-19-31-27(35)32-25-6-2-1-3-7-25/h1-3,6-15H,4-5,16-20,30H2,(H,33,34)(H2,31,32,35). The fourth-order valence-corrected chi connectivity index (χ4v) is 4.14. The second-order valence-electron chi connectivity index (χ2n) is 8.87. The maximum Gasteiger partial charge on any atom is 0.335 e. The number of benzene rings is 3. The van der Waals surface area contributed by atoms with Gasteiger partial charge in [-0.05, 0) is 86.1 Å². The molecule has 1 unspecified atom stereocenters. The van der Waals surface area contributed by atoms with Crippen molar-refractivity contribution in [1.29, 1.82) is 0 Å². The average Bonchev–Trinajstić information content (AvgIpc) is 2.84. The van der Waals surface area contributed by atoms with Gasteiger partial charge in [-0.3, -0.25) is 0 Å². The van der Waals surface area contributed by atoms with Gasteiger partial charge in [-0.15, -0.1) is 0 Å². The number of carboxylic acids is 1. The van der Waals surface area contributed by atoms with Crippen molar-refractivity contribution in [2.24, 2.45) is 5.73 Å². The summed E-state index contributed by atoms with van der Waals surface area (Å²) in [7, 11) is 0. The molecule has 2 amide bonds. The molecule has 0 heterocycles. The summed E-state index contributed by atoms with van der Waals surface area (Å²) >= 11 is 6.01. The molecular weight excluding hydrogens is 462 g/mol. The van der Waals surface area contributed by atoms with Crippen molar-refractivity contribution in [3.8, 4) is 0 Å². The maximum absolute atomic E-state index is 12.1. The largest absolute Gasteiger partial charge is 0.478 e. The number of carbonyl (C=O) groups is 2. The summed E-state index contributed by atoms with van der Waals surface area (Å²) in [6.07, 6.45) is 4.68. The number of nitrogens with two attached hydrogens (primary N) is 1. The van der Waals surface area contributed by atoms with Crippen LogP contribution >= 0.6 is 11.6 Å². The second-order valence-corrected chi connectivity index (χ2v) is 9.31. The number of halogens is 1. The minimum Gasteiger partial charge on any atom is -0.478 e. The van der Waals surface area contributed by atoms with E-state index < -0.39 is 11.5 Å². The number of carboxylic acid groups (broad SMARTS) is 1. The summed E-state index contributed by atoms with van der Waals surface area (Å²) in [6, 6.07) is 23.8. The van der Waals surface area contributed by atoms with E-state index in [1.807, 2.05) is 66.7 Å². The van der Waals surface area contributed by atoms with E-state index in [0.717, 1.165) is 43.4 Å². The van der Waals surface area contributed by atoms with Crippen molar-refractivity contribution < 1.29 is 14.7 Å². The number of urea groups is 1. The highest BCUT2D eigenvalue weighted by molar-refractivity contribution is 6.30. The zero-order valence-corrected chi connectivity index (χ0v) is 20.4. The van der Waals surface area contributed by atoms with Crippen molar-refractivity contribution in [3.05, 3.63) is 101 Å². The fraction of sp³-hybridized carbons (Fsp3) is 0.286. The first-order valence-corrected chi connectivity index (χ1v) is 12.2. The Morgan fingerprint density at radius 2 is 1.51 bits per heavy atom. The van der Waals surface area contributed by atoms with Gasteiger partial charge in [0.1, 0.15) is 0 Å². The first-order valence-electron chi connectivity index (χ1n) is 11.8. The van der Waals surface area contributed by atoms with Gasteiger partial charge in [-0.25, -0.2) is 9.59 Å². The third-order valence-electron chi connectivity index (χ3n) is 6.00. The lowest BCUT2D eigenvalue weighted by molar-refractivity contribution is 0.0697. The van der Waals surface area contributed by atoms with Gasteiger partial charge in [0, 0.05) is 22.8 Å². The van der Waals surface area contributed by atoms with E-state index in [2.05, 4.69) is 10.6 Å². The van der Waals surface area contributed by atoms with E-state index in [1.54, 1.807) is 12.1 Å². The number of unbranched alkanes of at least 4 members (excludes halogenated alkanes) is 1. The van der Waals surface area contributed by atoms with Crippen LogP contribution in [-0.2, 0) is 12.8 Å². The first kappa shape index (κ1) is 26.3. The minimum atomic E-state index is -0.942. The topological polar surface area (TPSA) is 104 Å². The molecule has 0 radical (unpaired) electrons. The minimum absolute atomic E-state index is 0.225. The third-order valence-corrected chi connectivity index (χ3v) is 6.25. The van der Waals surface area contributed by atoms with Crippen LogP contribution in [0.15, 0.2) is 78.9 Å². The molecule has 0 saturated heterocycles. The van der Waals surface area contributed by atoms with Crippen LogP contribution in [-0.4, -0.2) is 29.2 Å². The Balaban J connectivity index is 1.53. The van der Waals surface area contributed by atoms with Crippen LogP contribution in [0.1, 0.15) is 47.2 Å². The van der Waals surface area contributed by atoms with Gasteiger partial charge in [0.05, 0.1) is 5.56 Å². The van der Waals surface area contributed by atoms with Crippen molar-refractivity contribution in [2.75, 3.05) is 11.9 Å². The summed E-state index contributed by atoms with van der Waals surface area (Å²) in [6.45, 7) is 0.555. The summed E-state index contributed by atoms with van der Waals surface area (Å²) in [5.74, 6) is -0.942. The number of para-hydroxylation sites is 1. The van der Waals surface area contributed by atoms with Gasteiger partial charge in [-0.2, -0.15) is 0 Å². The Kier molecular flexibility index (Phi) is 9.70. The van der Waals surface area contributed by atoms with Crippen LogP contribution < -0.4 is 16.4 Å². The molecule has 0 saturated carbocycles. The molecule has 7 heteroatoms. The van der Waals surface area contributed by atoms with Crippen molar-refractivity contribution in [1.82, 2.24) is 5.32 Å². The molecule has 0 spiro atoms. The number of aromatic carboxylic acids is 1. The van der Waals surface area contributed by atoms with Crippen LogP contribution in [0.5, 0.6) is 0 Å². The highest BCUT2D eigenvalue weighted by Crippen LogP contribution is 2.24. The summed E-state index contributed by atoms with van der Waals surface area (Å²) in [5, 5.41) is 15.6. The third kappa shape index (κ3) is 9.08. The number of amides is 2. The molecule has 1 atom stereocenters. The molecule has 3 aromatic rings. The Bertz CT molecular complexity index is 1090. The monoisotopic (exact) mass is 493 g/mol. The number of rotatable bonds is 12. The van der Waals surface area contributed by atoms with E-state index >= 15 is 0 Å². The lowest BCUT2D eigenvalue weighted by Gasteiger charge is -2.30. The number of nitrogens with one attached hydrogen (secondary N) is 2. The number of anilines is 1. The molecule has 3 aromatic carbocycles. The molecule has 0 aromatic heterocycles. The van der Waals surface area contributed by atoms with Crippen molar-refractivity contribution in [2.45, 2.75) is 44.1 Å². The highest BCUT2D eigenvalue weighted by atomic mass is 35.5. The Morgan fingerprint density at radius 1 is 0.857 bits per heavy atom. The van der Waals surface area contributed by atoms with Crippen LogP contribution in [0.4, 0.5) is 10.5 Å². The molecule has 0 bridgehead atoms. The lowest BCUT2D eigenvalue weighted by atomic mass is 9.82. The van der Waals surface area contributed by atoms with Crippen LogP contribution in [0.3, 0.4) is 0 Å². The predicted octanol–water partition coefficient (Wildman–Crippen LogP) is 5.90. The Labute approximate surface area is 211 Å². The zero-order valence-electron chi connectivity index (χ0n) is 19.7. The van der Waals surface area contributed by atoms with Crippen molar-refractivity contribution >= 4 is 29.3 Å². The smallest absolute Gasteiger partial charge is 0.335 e. The van der Waals surface area contributed by atoms with Gasteiger partial charge < -0.3 is 21.5 Å². The molecular formula is C28H32ClN3O3. The number of aryl methyl sites for hydroxylation is 1. The number of carbonyl (C=O) groups excluding carboxylic acids is 1. The molecule has 0 aliphatic carbocycles. The van der Waals surface area contributed by atoms with Gasteiger partial charge in [0.25, 0.3) is 0 Å². The first-order chi connectivity index (χ1) is 16.8. The lowest BCUT2D eigenvalue weighted by Crippen LogP contribution is -2.43. The van der Waals surface area contributed by atoms with E-state index in [-0.39, 0.29) is 11.6 Å². The fourth-order valence-electron chi connectivity index (χ4n) is 4.02. The highest BCUT2D eigenvalue weighted by Gasteiger charge is 2.25. The number of hydrogen-bond donors (Lipinski definition) is 4. The number of hydrogen-bond acceptors (Lipinski definition) is 3. The van der Waals surface area contributed by atoms with Crippen LogP contribution in [0.2, 0.25) is 5.02 Å². The summed E-state index contributed by atoms with van der Waals surface area (Å²) < 4.78 is 0. The van der Waals surface area contributed by atoms with Gasteiger partial charge >= 0.3 is 12.0 Å². The molecule has 0 fully saturated rings. The Morgan fingerprint density at radius 3 is 2.17 bits per heavy atom. The van der Waals surface area contributed by atoms with E-state index in [4.69, 9.17) is 22.4 Å². The van der Waals surface area contributed by atoms with E-state index in [9.17, 15) is 9.59 Å². The van der Waals surface area contributed by atoms with E-state index in [0.29, 0.717) is 18.0 Å². The second kappa shape index (κ2) is 12.9. The quantitative estimate of drug-likeness (QED) is 0.236. The SMILES string of the molecule is NC(CCCCNC(=O)Nc1ccccc1)(CCc1ccc(Cl)cc1)Cc1ccc(C(=O)O)cc1. The molecule has 0 aliphatic heterocycles. The normalized spacial score (nSPS) is 12.5. The summed E-state index contributed by atoms with van der Waals surface area (Å²) in [5.41, 5.74) is 9.64. The maximum atomic E-state index is 12.1. The summed E-state index contributed by atoms with van der Waals surface area (Å²) in [4.78, 5) is 23.2. The molecule has 6 nitrogen and oxygen atoms in total. The van der Waals surface area contributed by atoms with Crippen molar-refractivity contribution in [3.63, 3.8) is 0 Å². The molecule has 35 heavy (non-hydrogen) atoms. The zero-order chi connectivity index (χ0) is 25.1. The van der Waals surface area contributed by atoms with Crippen LogP contribution in [0, 0.1) is 0 Å². The van der Waals surface area contributed by atoms with Gasteiger partial charge in [0.2, 0.25) is 0 Å².